The molecule has 0 aromatic rings. The fraction of sp³-hybridized carbons (Fsp3) is 1.00. The van der Waals surface area contributed by atoms with Gasteiger partial charge in [-0.05, 0) is 105 Å². The number of aliphatic hydroxyl groups is 1. The zero-order valence-corrected chi connectivity index (χ0v) is 20.7. The SMILES string of the molecule is CO[C@H]1CC[C@@H]2CC[C@H]3[C@@H]4CC[C@H]([C@H](C)CCCC(C)C)[C@@]4(C)CC[C@@H]3[C@@]2(CO)C1. The van der Waals surface area contributed by atoms with Crippen LogP contribution in [0.4, 0.5) is 0 Å². The minimum Gasteiger partial charge on any atom is -0.396 e. The molecule has 0 heterocycles. The lowest BCUT2D eigenvalue weighted by molar-refractivity contribution is -0.163. The van der Waals surface area contributed by atoms with Crippen LogP contribution in [0.2, 0.25) is 0 Å². The van der Waals surface area contributed by atoms with Crippen molar-refractivity contribution < 1.29 is 9.84 Å². The van der Waals surface area contributed by atoms with Crippen molar-refractivity contribution in [1.29, 1.82) is 0 Å². The van der Waals surface area contributed by atoms with Crippen molar-refractivity contribution in [3.63, 3.8) is 0 Å². The van der Waals surface area contributed by atoms with Crippen molar-refractivity contribution in [2.45, 2.75) is 111 Å². The number of methoxy groups -OCH3 is 1. The lowest BCUT2D eigenvalue weighted by atomic mass is 9.44. The van der Waals surface area contributed by atoms with Crippen LogP contribution in [0.3, 0.4) is 0 Å². The normalized spacial score (nSPS) is 46.9. The molecule has 0 bridgehead atoms. The molecule has 0 spiro atoms. The largest absolute Gasteiger partial charge is 0.396 e. The lowest BCUT2D eigenvalue weighted by Gasteiger charge is -2.62. The van der Waals surface area contributed by atoms with E-state index < -0.39 is 0 Å². The Hall–Kier alpha value is -0.0800. The molecule has 0 aromatic heterocycles. The first-order valence-electron chi connectivity index (χ1n) is 13.5. The molecule has 0 unspecified atom stereocenters. The Morgan fingerprint density at radius 1 is 0.933 bits per heavy atom. The molecule has 4 aliphatic carbocycles. The Kier molecular flexibility index (Phi) is 6.96. The molecule has 0 aromatic carbocycles. The fourth-order valence-electron chi connectivity index (χ4n) is 9.59. The van der Waals surface area contributed by atoms with Crippen LogP contribution < -0.4 is 0 Å². The standard InChI is InChI=1S/C28H50O2/c1-19(2)7-6-8-20(3)24-13-14-25-23-12-10-21-9-11-22(30-5)17-28(21,18-29)26(23)15-16-27(24,25)4/h19-26,29H,6-18H2,1-5H3/t20-,21-,22+,23+,24-,25+,26+,27-,28-/m1/s1. The molecule has 4 fully saturated rings. The third-order valence-corrected chi connectivity index (χ3v) is 11.1. The average Bonchev–Trinajstić information content (AvgIpc) is 3.09. The summed E-state index contributed by atoms with van der Waals surface area (Å²) in [7, 11) is 1.89. The Bertz CT molecular complexity index is 573. The number of ether oxygens (including phenoxy) is 1. The molecule has 174 valence electrons. The van der Waals surface area contributed by atoms with Gasteiger partial charge in [-0.1, -0.05) is 47.0 Å². The van der Waals surface area contributed by atoms with Crippen LogP contribution in [0.5, 0.6) is 0 Å². The summed E-state index contributed by atoms with van der Waals surface area (Å²) in [5.41, 5.74) is 0.710. The first-order valence-corrected chi connectivity index (χ1v) is 13.5. The molecule has 4 saturated carbocycles. The van der Waals surface area contributed by atoms with Crippen LogP contribution in [-0.4, -0.2) is 24.9 Å². The maximum atomic E-state index is 10.8. The predicted molar refractivity (Wildman–Crippen MR) is 125 cm³/mol. The highest BCUT2D eigenvalue weighted by Gasteiger charge is 2.61. The van der Waals surface area contributed by atoms with Crippen LogP contribution in [0.15, 0.2) is 0 Å². The van der Waals surface area contributed by atoms with Crippen molar-refractivity contribution in [3.8, 4) is 0 Å². The zero-order valence-electron chi connectivity index (χ0n) is 20.7. The Morgan fingerprint density at radius 2 is 1.70 bits per heavy atom. The number of rotatable bonds is 7. The van der Waals surface area contributed by atoms with Gasteiger partial charge in [0.25, 0.3) is 0 Å². The van der Waals surface area contributed by atoms with Gasteiger partial charge in [0.15, 0.2) is 0 Å². The monoisotopic (exact) mass is 418 g/mol. The second-order valence-corrected chi connectivity index (χ2v) is 12.7. The summed E-state index contributed by atoms with van der Waals surface area (Å²) in [5, 5.41) is 10.8. The van der Waals surface area contributed by atoms with E-state index in [1.165, 1.54) is 70.6 Å². The fourth-order valence-corrected chi connectivity index (χ4v) is 9.59. The second-order valence-electron chi connectivity index (χ2n) is 12.7. The summed E-state index contributed by atoms with van der Waals surface area (Å²) in [6, 6.07) is 0. The van der Waals surface area contributed by atoms with E-state index in [0.29, 0.717) is 18.1 Å². The van der Waals surface area contributed by atoms with Gasteiger partial charge in [-0.25, -0.2) is 0 Å². The van der Waals surface area contributed by atoms with Crippen molar-refractivity contribution >= 4 is 0 Å². The van der Waals surface area contributed by atoms with Crippen LogP contribution in [0, 0.1) is 52.3 Å². The van der Waals surface area contributed by atoms with Gasteiger partial charge in [0, 0.05) is 19.1 Å². The summed E-state index contributed by atoms with van der Waals surface area (Å²) in [6.45, 7) is 10.4. The van der Waals surface area contributed by atoms with Crippen LogP contribution >= 0.6 is 0 Å². The number of aliphatic hydroxyl groups excluding tert-OH is 1. The minimum atomic E-state index is 0.157. The van der Waals surface area contributed by atoms with E-state index in [1.807, 2.05) is 7.11 Å². The molecule has 9 atom stereocenters. The molecule has 0 radical (unpaired) electrons. The van der Waals surface area contributed by atoms with Gasteiger partial charge in [0.05, 0.1) is 6.10 Å². The number of hydrogen-bond donors (Lipinski definition) is 1. The van der Waals surface area contributed by atoms with Crippen LogP contribution in [-0.2, 0) is 4.74 Å². The molecule has 0 saturated heterocycles. The molecule has 4 aliphatic rings. The average molecular weight is 419 g/mol. The van der Waals surface area contributed by atoms with E-state index in [-0.39, 0.29) is 5.41 Å². The summed E-state index contributed by atoms with van der Waals surface area (Å²) >= 11 is 0. The highest BCUT2D eigenvalue weighted by Crippen LogP contribution is 2.68. The molecule has 0 aliphatic heterocycles. The van der Waals surface area contributed by atoms with E-state index >= 15 is 0 Å². The summed E-state index contributed by atoms with van der Waals surface area (Å²) in [5.74, 6) is 5.90. The van der Waals surface area contributed by atoms with Gasteiger partial charge < -0.3 is 9.84 Å². The van der Waals surface area contributed by atoms with Crippen molar-refractivity contribution in [2.75, 3.05) is 13.7 Å². The maximum absolute atomic E-state index is 10.8. The molecule has 4 rings (SSSR count). The third-order valence-electron chi connectivity index (χ3n) is 11.1. The molecule has 1 N–H and O–H groups in total. The number of fused-ring (bicyclic) bond motifs is 5. The molecule has 30 heavy (non-hydrogen) atoms. The van der Waals surface area contributed by atoms with Gasteiger partial charge in [-0.3, -0.25) is 0 Å². The molecular formula is C28H50O2. The van der Waals surface area contributed by atoms with Crippen LogP contribution in [0.1, 0.15) is 105 Å². The highest BCUT2D eigenvalue weighted by molar-refractivity contribution is 5.11. The Balaban J connectivity index is 1.50. The number of hydrogen-bond acceptors (Lipinski definition) is 2. The maximum Gasteiger partial charge on any atom is 0.0577 e. The summed E-state index contributed by atoms with van der Waals surface area (Å²) < 4.78 is 5.84. The zero-order chi connectivity index (χ0) is 21.5. The van der Waals surface area contributed by atoms with E-state index in [4.69, 9.17) is 4.74 Å². The van der Waals surface area contributed by atoms with Gasteiger partial charge in [-0.15, -0.1) is 0 Å². The van der Waals surface area contributed by atoms with Crippen LogP contribution in [0.25, 0.3) is 0 Å². The van der Waals surface area contributed by atoms with E-state index in [2.05, 4.69) is 27.7 Å². The van der Waals surface area contributed by atoms with E-state index in [1.54, 1.807) is 0 Å². The quantitative estimate of drug-likeness (QED) is 0.478. The Morgan fingerprint density at radius 3 is 2.40 bits per heavy atom. The first-order chi connectivity index (χ1) is 14.4. The highest BCUT2D eigenvalue weighted by atomic mass is 16.5. The Labute approximate surface area is 186 Å². The van der Waals surface area contributed by atoms with Gasteiger partial charge in [0.2, 0.25) is 0 Å². The van der Waals surface area contributed by atoms with Gasteiger partial charge in [0.1, 0.15) is 0 Å². The van der Waals surface area contributed by atoms with Crippen molar-refractivity contribution in [3.05, 3.63) is 0 Å². The predicted octanol–water partition coefficient (Wildman–Crippen LogP) is 7.10. The molecule has 2 heteroatoms. The van der Waals surface area contributed by atoms with Gasteiger partial charge in [-0.2, -0.15) is 0 Å². The molecular weight excluding hydrogens is 368 g/mol. The summed E-state index contributed by atoms with van der Waals surface area (Å²) in [6.07, 6.45) is 16.7. The van der Waals surface area contributed by atoms with E-state index in [9.17, 15) is 5.11 Å². The van der Waals surface area contributed by atoms with E-state index in [0.717, 1.165) is 47.8 Å². The summed E-state index contributed by atoms with van der Waals surface area (Å²) in [4.78, 5) is 0. The molecule has 0 amide bonds. The smallest absolute Gasteiger partial charge is 0.0577 e. The second kappa shape index (κ2) is 9.05. The minimum absolute atomic E-state index is 0.157. The lowest BCUT2D eigenvalue weighted by Crippen LogP contribution is -2.57. The topological polar surface area (TPSA) is 29.5 Å². The first kappa shape index (κ1) is 23.1. The van der Waals surface area contributed by atoms with Crippen molar-refractivity contribution in [2.24, 2.45) is 52.3 Å². The third kappa shape index (κ3) is 3.81. The van der Waals surface area contributed by atoms with Gasteiger partial charge >= 0.3 is 0 Å². The molecule has 2 nitrogen and oxygen atoms in total. The van der Waals surface area contributed by atoms with Crippen molar-refractivity contribution in [1.82, 2.24) is 0 Å².